The fraction of sp³-hybridized carbons (Fsp3) is 0.269. The lowest BCUT2D eigenvalue weighted by molar-refractivity contribution is -0.117. The van der Waals surface area contributed by atoms with Crippen molar-refractivity contribution in [2.45, 2.75) is 12.8 Å². The molecule has 0 spiro atoms. The van der Waals surface area contributed by atoms with Crippen molar-refractivity contribution in [2.24, 2.45) is 5.92 Å². The molecule has 1 aromatic carbocycles. The lowest BCUT2D eigenvalue weighted by Crippen LogP contribution is -2.50. The number of hydrogen-bond acceptors (Lipinski definition) is 7. The highest BCUT2D eigenvalue weighted by atomic mass is 16.5. The van der Waals surface area contributed by atoms with Gasteiger partial charge in [0.15, 0.2) is 5.65 Å². The maximum absolute atomic E-state index is 12.9. The summed E-state index contributed by atoms with van der Waals surface area (Å²) in [5, 5.41) is 10.3. The van der Waals surface area contributed by atoms with Gasteiger partial charge in [0.1, 0.15) is 11.6 Å². The summed E-state index contributed by atoms with van der Waals surface area (Å²) in [7, 11) is 0. The van der Waals surface area contributed by atoms with E-state index in [0.717, 1.165) is 18.7 Å². The van der Waals surface area contributed by atoms with Crippen LogP contribution in [0.4, 0.5) is 22.2 Å². The van der Waals surface area contributed by atoms with Crippen molar-refractivity contribution >= 4 is 35.0 Å². The van der Waals surface area contributed by atoms with Crippen LogP contribution in [-0.2, 0) is 4.79 Å². The number of benzene rings is 1. The molecule has 0 bridgehead atoms. The van der Waals surface area contributed by atoms with E-state index in [9.17, 15) is 9.59 Å². The summed E-state index contributed by atoms with van der Waals surface area (Å²) in [6, 6.07) is 18.3. The lowest BCUT2D eigenvalue weighted by Gasteiger charge is -2.35. The zero-order chi connectivity index (χ0) is 25.2. The SMILES string of the molecule is O=C(Nc1nc2cccc(N3CCN(C(=O)Nc4cccc(Oc5ccccn5)c4)CC3)n2n1)C1CC1. The van der Waals surface area contributed by atoms with Gasteiger partial charge in [-0.3, -0.25) is 10.1 Å². The molecule has 0 unspecified atom stereocenters. The Morgan fingerprint density at radius 2 is 1.76 bits per heavy atom. The summed E-state index contributed by atoms with van der Waals surface area (Å²) < 4.78 is 7.50. The number of ether oxygens (including phenoxy) is 1. The first-order valence-electron chi connectivity index (χ1n) is 12.3. The molecule has 2 aliphatic rings. The standard InChI is InChI=1S/C26H26N8O3/c35-24(18-10-11-18)30-25-29-21-7-4-9-23(34(21)31-25)32-13-15-33(16-14-32)26(36)28-19-5-3-6-20(17-19)37-22-8-1-2-12-27-22/h1-9,12,17-18H,10-11,13-16H2,(H,28,36)(H,30,31,35). The molecule has 6 rings (SSSR count). The Morgan fingerprint density at radius 1 is 0.919 bits per heavy atom. The van der Waals surface area contributed by atoms with E-state index in [1.54, 1.807) is 27.7 Å². The van der Waals surface area contributed by atoms with Crippen molar-refractivity contribution in [2.75, 3.05) is 41.7 Å². The van der Waals surface area contributed by atoms with Crippen LogP contribution in [-0.4, -0.2) is 62.6 Å². The maximum Gasteiger partial charge on any atom is 0.321 e. The highest BCUT2D eigenvalue weighted by molar-refractivity contribution is 5.92. The van der Waals surface area contributed by atoms with E-state index in [0.29, 0.717) is 55.1 Å². The van der Waals surface area contributed by atoms with Crippen LogP contribution >= 0.6 is 0 Å². The minimum absolute atomic E-state index is 0.0223. The first kappa shape index (κ1) is 22.8. The van der Waals surface area contributed by atoms with Gasteiger partial charge in [-0.05, 0) is 43.2 Å². The van der Waals surface area contributed by atoms with Gasteiger partial charge < -0.3 is 19.9 Å². The van der Waals surface area contributed by atoms with Crippen molar-refractivity contribution in [3.8, 4) is 11.6 Å². The Bertz CT molecular complexity index is 1430. The fourth-order valence-electron chi connectivity index (χ4n) is 4.25. The highest BCUT2D eigenvalue weighted by Gasteiger charge is 2.30. The molecule has 2 fully saturated rings. The molecule has 4 heterocycles. The summed E-state index contributed by atoms with van der Waals surface area (Å²) in [4.78, 5) is 37.6. The van der Waals surface area contributed by atoms with Crippen molar-refractivity contribution in [1.29, 1.82) is 0 Å². The molecule has 11 nitrogen and oxygen atoms in total. The number of rotatable bonds is 6. The van der Waals surface area contributed by atoms with E-state index in [-0.39, 0.29) is 17.9 Å². The molecule has 37 heavy (non-hydrogen) atoms. The molecule has 1 aliphatic carbocycles. The fourth-order valence-corrected chi connectivity index (χ4v) is 4.25. The summed E-state index contributed by atoms with van der Waals surface area (Å²) in [5.74, 6) is 2.33. The molecule has 11 heteroatoms. The molecule has 3 amide bonds. The second kappa shape index (κ2) is 9.76. The maximum atomic E-state index is 12.9. The number of urea groups is 1. The van der Waals surface area contributed by atoms with Crippen LogP contribution in [0.25, 0.3) is 5.65 Å². The lowest BCUT2D eigenvalue weighted by atomic mass is 10.3. The van der Waals surface area contributed by atoms with E-state index in [2.05, 4.69) is 30.6 Å². The zero-order valence-corrected chi connectivity index (χ0v) is 20.1. The van der Waals surface area contributed by atoms with Crippen LogP contribution in [0.3, 0.4) is 0 Å². The molecule has 1 saturated heterocycles. The van der Waals surface area contributed by atoms with Gasteiger partial charge in [0.25, 0.3) is 0 Å². The second-order valence-electron chi connectivity index (χ2n) is 9.06. The average molecular weight is 499 g/mol. The number of carbonyl (C=O) groups is 2. The van der Waals surface area contributed by atoms with Crippen molar-refractivity contribution in [1.82, 2.24) is 24.5 Å². The summed E-state index contributed by atoms with van der Waals surface area (Å²) in [6.07, 6.45) is 3.51. The first-order valence-corrected chi connectivity index (χ1v) is 12.3. The summed E-state index contributed by atoms with van der Waals surface area (Å²) >= 11 is 0. The Balaban J connectivity index is 1.07. The molecule has 188 valence electrons. The number of amides is 3. The number of piperazine rings is 1. The van der Waals surface area contributed by atoms with Crippen LogP contribution in [0.15, 0.2) is 66.9 Å². The smallest absolute Gasteiger partial charge is 0.321 e. The minimum Gasteiger partial charge on any atom is -0.439 e. The van der Waals surface area contributed by atoms with Crippen molar-refractivity contribution < 1.29 is 14.3 Å². The molecule has 1 aliphatic heterocycles. The van der Waals surface area contributed by atoms with Gasteiger partial charge in [0.05, 0.1) is 0 Å². The third-order valence-electron chi connectivity index (χ3n) is 6.36. The molecular weight excluding hydrogens is 472 g/mol. The molecule has 0 radical (unpaired) electrons. The van der Waals surface area contributed by atoms with Crippen molar-refractivity contribution in [3.63, 3.8) is 0 Å². The predicted molar refractivity (Wildman–Crippen MR) is 138 cm³/mol. The number of hydrogen-bond donors (Lipinski definition) is 2. The molecule has 2 N–H and O–H groups in total. The molecule has 3 aromatic heterocycles. The van der Waals surface area contributed by atoms with Gasteiger partial charge in [0.2, 0.25) is 17.7 Å². The number of aromatic nitrogens is 4. The largest absolute Gasteiger partial charge is 0.439 e. The summed E-state index contributed by atoms with van der Waals surface area (Å²) in [5.41, 5.74) is 1.31. The van der Waals surface area contributed by atoms with Gasteiger partial charge in [-0.15, -0.1) is 5.10 Å². The quantitative estimate of drug-likeness (QED) is 0.417. The summed E-state index contributed by atoms with van der Waals surface area (Å²) in [6.45, 7) is 2.37. The minimum atomic E-state index is -0.168. The predicted octanol–water partition coefficient (Wildman–Crippen LogP) is 3.62. The number of nitrogens with zero attached hydrogens (tertiary/aromatic N) is 6. The third kappa shape index (κ3) is 5.15. The van der Waals surface area contributed by atoms with E-state index in [1.165, 1.54) is 0 Å². The van der Waals surface area contributed by atoms with Gasteiger partial charge in [-0.25, -0.2) is 9.78 Å². The van der Waals surface area contributed by atoms with Crippen LogP contribution in [0, 0.1) is 5.92 Å². The number of fused-ring (bicyclic) bond motifs is 1. The van der Waals surface area contributed by atoms with Crippen LogP contribution in [0.1, 0.15) is 12.8 Å². The number of nitrogens with one attached hydrogen (secondary N) is 2. The monoisotopic (exact) mass is 498 g/mol. The Labute approximate surface area is 213 Å². The van der Waals surface area contributed by atoms with Gasteiger partial charge >= 0.3 is 6.03 Å². The van der Waals surface area contributed by atoms with Gasteiger partial charge in [0, 0.05) is 56.1 Å². The molecule has 4 aromatic rings. The zero-order valence-electron chi connectivity index (χ0n) is 20.1. The van der Waals surface area contributed by atoms with Gasteiger partial charge in [-0.1, -0.05) is 18.2 Å². The van der Waals surface area contributed by atoms with Crippen molar-refractivity contribution in [3.05, 3.63) is 66.9 Å². The number of carbonyl (C=O) groups excluding carboxylic acids is 2. The number of pyridine rings is 2. The van der Waals surface area contributed by atoms with E-state index >= 15 is 0 Å². The highest BCUT2D eigenvalue weighted by Crippen LogP contribution is 2.30. The second-order valence-corrected chi connectivity index (χ2v) is 9.06. The van der Waals surface area contributed by atoms with Crippen LogP contribution in [0.5, 0.6) is 11.6 Å². The average Bonchev–Trinajstić information content (AvgIpc) is 3.69. The van der Waals surface area contributed by atoms with E-state index in [4.69, 9.17) is 4.74 Å². The van der Waals surface area contributed by atoms with Crippen LogP contribution < -0.4 is 20.3 Å². The third-order valence-corrected chi connectivity index (χ3v) is 6.36. The number of anilines is 3. The topological polar surface area (TPSA) is 117 Å². The molecule has 1 saturated carbocycles. The van der Waals surface area contributed by atoms with E-state index in [1.807, 2.05) is 48.5 Å². The van der Waals surface area contributed by atoms with Crippen LogP contribution in [0.2, 0.25) is 0 Å². The molecule has 0 atom stereocenters. The Morgan fingerprint density at radius 3 is 2.54 bits per heavy atom. The van der Waals surface area contributed by atoms with E-state index < -0.39 is 0 Å². The first-order chi connectivity index (χ1) is 18.1. The normalized spacial score (nSPS) is 15.5. The van der Waals surface area contributed by atoms with Gasteiger partial charge in [-0.2, -0.15) is 9.50 Å². The Hall–Kier alpha value is -4.67. The molecular formula is C26H26N8O3. The Kier molecular flexibility index (Phi) is 6.01.